The van der Waals surface area contributed by atoms with Crippen LogP contribution in [0.25, 0.3) is 0 Å². The topological polar surface area (TPSA) is 0 Å². The molecule has 1 aliphatic carbocycles. The number of halogens is 1. The fraction of sp³-hybridized carbons (Fsp3) is 0.478. The van der Waals surface area contributed by atoms with Crippen molar-refractivity contribution in [1.29, 1.82) is 0 Å². The zero-order chi connectivity index (χ0) is 16.8. The van der Waals surface area contributed by atoms with Crippen molar-refractivity contribution in [3.63, 3.8) is 0 Å². The van der Waals surface area contributed by atoms with Gasteiger partial charge in [-0.1, -0.05) is 62.6 Å². The van der Waals surface area contributed by atoms with Gasteiger partial charge in [-0.05, 0) is 72.8 Å². The molecule has 1 saturated carbocycles. The maximum atomic E-state index is 13.0. The molecule has 2 aromatic rings. The van der Waals surface area contributed by atoms with Gasteiger partial charge in [-0.2, -0.15) is 0 Å². The second-order valence-electron chi connectivity index (χ2n) is 7.40. The Hall–Kier alpha value is -1.63. The van der Waals surface area contributed by atoms with Gasteiger partial charge < -0.3 is 0 Å². The van der Waals surface area contributed by atoms with Crippen LogP contribution >= 0.6 is 0 Å². The Kier molecular flexibility index (Phi) is 6.07. The Morgan fingerprint density at radius 2 is 1.42 bits per heavy atom. The third kappa shape index (κ3) is 4.69. The van der Waals surface area contributed by atoms with Crippen LogP contribution in [-0.4, -0.2) is 0 Å². The van der Waals surface area contributed by atoms with Gasteiger partial charge in [-0.25, -0.2) is 4.39 Å². The largest absolute Gasteiger partial charge is 0.207 e. The van der Waals surface area contributed by atoms with Crippen molar-refractivity contribution in [2.24, 2.45) is 5.92 Å². The highest BCUT2D eigenvalue weighted by atomic mass is 19.1. The summed E-state index contributed by atoms with van der Waals surface area (Å²) < 4.78 is 13.0. The summed E-state index contributed by atoms with van der Waals surface area (Å²) >= 11 is 0. The van der Waals surface area contributed by atoms with E-state index in [-0.39, 0.29) is 5.82 Å². The summed E-state index contributed by atoms with van der Waals surface area (Å²) in [6, 6.07) is 16.0. The fourth-order valence-corrected chi connectivity index (χ4v) is 4.02. The van der Waals surface area contributed by atoms with E-state index in [4.69, 9.17) is 0 Å². The van der Waals surface area contributed by atoms with Gasteiger partial charge in [0.05, 0.1) is 0 Å². The van der Waals surface area contributed by atoms with Crippen LogP contribution in [0.1, 0.15) is 74.5 Å². The summed E-state index contributed by atoms with van der Waals surface area (Å²) in [4.78, 5) is 0. The minimum absolute atomic E-state index is 0.163. The normalized spacial score (nSPS) is 20.9. The highest BCUT2D eigenvalue weighted by Gasteiger charge is 2.21. The molecule has 0 nitrogen and oxygen atoms in total. The first-order valence-electron chi connectivity index (χ1n) is 9.58. The second-order valence-corrected chi connectivity index (χ2v) is 7.40. The molecule has 2 aromatic carbocycles. The SMILES string of the molecule is CCCCC1CCC(c2ccc(Cc3ccc(F)cc3)cc2)CC1. The van der Waals surface area contributed by atoms with Crippen LogP contribution in [0, 0.1) is 11.7 Å². The molecule has 0 aromatic heterocycles. The van der Waals surface area contributed by atoms with Gasteiger partial charge in [0.1, 0.15) is 5.82 Å². The zero-order valence-electron chi connectivity index (χ0n) is 14.8. The summed E-state index contributed by atoms with van der Waals surface area (Å²) in [5.74, 6) is 1.56. The van der Waals surface area contributed by atoms with Crippen LogP contribution in [0.3, 0.4) is 0 Å². The summed E-state index contributed by atoms with van der Waals surface area (Å²) in [7, 11) is 0. The average Bonchev–Trinajstić information content (AvgIpc) is 2.63. The third-order valence-electron chi connectivity index (χ3n) is 5.59. The predicted molar refractivity (Wildman–Crippen MR) is 99.9 cm³/mol. The first-order valence-corrected chi connectivity index (χ1v) is 9.58. The minimum Gasteiger partial charge on any atom is -0.207 e. The molecule has 0 bridgehead atoms. The minimum atomic E-state index is -0.163. The highest BCUT2D eigenvalue weighted by molar-refractivity contribution is 5.30. The summed E-state index contributed by atoms with van der Waals surface area (Å²) in [6.07, 6.45) is 10.5. The first-order chi connectivity index (χ1) is 11.7. The Labute approximate surface area is 146 Å². The van der Waals surface area contributed by atoms with Gasteiger partial charge in [0.25, 0.3) is 0 Å². The van der Waals surface area contributed by atoms with Gasteiger partial charge in [-0.15, -0.1) is 0 Å². The first kappa shape index (κ1) is 17.2. The number of benzene rings is 2. The second kappa shape index (κ2) is 8.46. The van der Waals surface area contributed by atoms with Crippen LogP contribution in [0.15, 0.2) is 48.5 Å². The molecule has 0 amide bonds. The van der Waals surface area contributed by atoms with Crippen molar-refractivity contribution >= 4 is 0 Å². The Morgan fingerprint density at radius 1 is 0.833 bits per heavy atom. The number of unbranched alkanes of at least 4 members (excludes halogenated alkanes) is 1. The lowest BCUT2D eigenvalue weighted by Crippen LogP contribution is -2.13. The molecule has 0 heterocycles. The van der Waals surface area contributed by atoms with Crippen molar-refractivity contribution < 1.29 is 4.39 Å². The molecule has 24 heavy (non-hydrogen) atoms. The van der Waals surface area contributed by atoms with Crippen molar-refractivity contribution in [2.75, 3.05) is 0 Å². The van der Waals surface area contributed by atoms with Gasteiger partial charge in [0, 0.05) is 0 Å². The van der Waals surface area contributed by atoms with Crippen molar-refractivity contribution in [1.82, 2.24) is 0 Å². The van der Waals surface area contributed by atoms with Crippen molar-refractivity contribution in [2.45, 2.75) is 64.2 Å². The average molecular weight is 324 g/mol. The van der Waals surface area contributed by atoms with Crippen LogP contribution in [0.5, 0.6) is 0 Å². The van der Waals surface area contributed by atoms with Gasteiger partial charge in [0.15, 0.2) is 0 Å². The lowest BCUT2D eigenvalue weighted by Gasteiger charge is -2.29. The van der Waals surface area contributed by atoms with Gasteiger partial charge in [-0.3, -0.25) is 0 Å². The van der Waals surface area contributed by atoms with E-state index >= 15 is 0 Å². The monoisotopic (exact) mass is 324 g/mol. The van der Waals surface area contributed by atoms with E-state index in [0.717, 1.165) is 18.3 Å². The summed E-state index contributed by atoms with van der Waals surface area (Å²) in [6.45, 7) is 2.29. The van der Waals surface area contributed by atoms with E-state index in [1.165, 1.54) is 61.6 Å². The van der Waals surface area contributed by atoms with Crippen molar-refractivity contribution in [3.8, 4) is 0 Å². The molecular weight excluding hydrogens is 295 g/mol. The zero-order valence-corrected chi connectivity index (χ0v) is 14.8. The third-order valence-corrected chi connectivity index (χ3v) is 5.59. The summed E-state index contributed by atoms with van der Waals surface area (Å²) in [5.41, 5.74) is 3.98. The van der Waals surface area contributed by atoms with Gasteiger partial charge in [0.2, 0.25) is 0 Å². The van der Waals surface area contributed by atoms with Crippen LogP contribution in [-0.2, 0) is 6.42 Å². The number of hydrogen-bond acceptors (Lipinski definition) is 0. The molecule has 0 atom stereocenters. The molecule has 3 rings (SSSR count). The molecule has 0 aliphatic heterocycles. The van der Waals surface area contributed by atoms with Crippen molar-refractivity contribution in [3.05, 3.63) is 71.0 Å². The predicted octanol–water partition coefficient (Wildman–Crippen LogP) is 6.88. The smallest absolute Gasteiger partial charge is 0.123 e. The molecule has 1 heteroatoms. The van der Waals surface area contributed by atoms with E-state index in [0.29, 0.717) is 0 Å². The lowest BCUT2D eigenvalue weighted by atomic mass is 9.77. The standard InChI is InChI=1S/C23H29F/c1-2-3-4-18-5-11-21(12-6-18)22-13-7-19(8-14-22)17-20-9-15-23(24)16-10-20/h7-10,13-16,18,21H,2-6,11-12,17H2,1H3. The van der Waals surface area contributed by atoms with E-state index in [9.17, 15) is 4.39 Å². The number of hydrogen-bond donors (Lipinski definition) is 0. The van der Waals surface area contributed by atoms with E-state index in [2.05, 4.69) is 31.2 Å². The quantitative estimate of drug-likeness (QED) is 0.543. The molecule has 0 saturated heterocycles. The maximum Gasteiger partial charge on any atom is 0.123 e. The molecule has 0 unspecified atom stereocenters. The molecule has 128 valence electrons. The molecule has 0 spiro atoms. The van der Waals surface area contributed by atoms with E-state index in [1.54, 1.807) is 12.1 Å². The van der Waals surface area contributed by atoms with E-state index < -0.39 is 0 Å². The molecule has 1 fully saturated rings. The molecule has 0 radical (unpaired) electrons. The van der Waals surface area contributed by atoms with Crippen LogP contribution in [0.2, 0.25) is 0 Å². The Morgan fingerprint density at radius 3 is 2.00 bits per heavy atom. The lowest BCUT2D eigenvalue weighted by molar-refractivity contribution is 0.304. The molecule has 1 aliphatic rings. The van der Waals surface area contributed by atoms with Crippen LogP contribution in [0.4, 0.5) is 4.39 Å². The van der Waals surface area contributed by atoms with Gasteiger partial charge >= 0.3 is 0 Å². The maximum absolute atomic E-state index is 13.0. The highest BCUT2D eigenvalue weighted by Crippen LogP contribution is 2.37. The van der Waals surface area contributed by atoms with Crippen LogP contribution < -0.4 is 0 Å². The Balaban J connectivity index is 1.54. The molecular formula is C23H29F. The summed E-state index contributed by atoms with van der Waals surface area (Å²) in [5, 5.41) is 0. The number of rotatable bonds is 6. The fourth-order valence-electron chi connectivity index (χ4n) is 4.02. The Bertz CT molecular complexity index is 603. The van der Waals surface area contributed by atoms with E-state index in [1.807, 2.05) is 12.1 Å². The molecule has 0 N–H and O–H groups in total.